The minimum Gasteiger partial charge on any atom is -0.394 e. The van der Waals surface area contributed by atoms with Crippen molar-refractivity contribution in [2.24, 2.45) is 0 Å². The van der Waals surface area contributed by atoms with E-state index in [0.29, 0.717) is 6.61 Å². The van der Waals surface area contributed by atoms with E-state index in [2.05, 4.69) is 19.2 Å². The molecule has 0 aliphatic carbocycles. The van der Waals surface area contributed by atoms with Crippen molar-refractivity contribution in [2.45, 2.75) is 32.2 Å². The average molecular weight is 175 g/mol. The maximum Gasteiger partial charge on any atom is 0.0613 e. The topological polar surface area (TPSA) is 41.5 Å². The second-order valence-electron chi connectivity index (χ2n) is 3.07. The predicted octanol–water partition coefficient (Wildman–Crippen LogP) is 0.773. The summed E-state index contributed by atoms with van der Waals surface area (Å²) in [4.78, 5) is 0. The van der Waals surface area contributed by atoms with Gasteiger partial charge in [0.05, 0.1) is 13.2 Å². The van der Waals surface area contributed by atoms with Crippen molar-refractivity contribution >= 4 is 0 Å². The second kappa shape index (κ2) is 6.40. The van der Waals surface area contributed by atoms with Gasteiger partial charge in [0, 0.05) is 19.2 Å². The van der Waals surface area contributed by atoms with Crippen LogP contribution in [0.2, 0.25) is 0 Å². The summed E-state index contributed by atoms with van der Waals surface area (Å²) in [6, 6.07) is 0. The van der Waals surface area contributed by atoms with Crippen LogP contribution >= 0.6 is 0 Å². The van der Waals surface area contributed by atoms with Crippen LogP contribution in [0.4, 0.5) is 0 Å². The van der Waals surface area contributed by atoms with Gasteiger partial charge in [0.25, 0.3) is 0 Å². The predicted molar refractivity (Wildman–Crippen MR) is 50.3 cm³/mol. The van der Waals surface area contributed by atoms with Gasteiger partial charge in [0.2, 0.25) is 0 Å². The van der Waals surface area contributed by atoms with E-state index in [1.54, 1.807) is 7.11 Å². The Hall–Kier alpha value is -0.120. The Bertz CT molecular complexity index is 94.4. The molecule has 0 unspecified atom stereocenters. The third-order valence-electron chi connectivity index (χ3n) is 2.46. The van der Waals surface area contributed by atoms with Gasteiger partial charge in [-0.05, 0) is 12.8 Å². The Morgan fingerprint density at radius 1 is 1.33 bits per heavy atom. The first-order valence-corrected chi connectivity index (χ1v) is 4.59. The monoisotopic (exact) mass is 175 g/mol. The Morgan fingerprint density at radius 3 is 2.25 bits per heavy atom. The molecule has 0 atom stereocenters. The SMILES string of the molecule is CCC(CC)(CO)NCCOC. The molecule has 0 rings (SSSR count). The molecule has 3 nitrogen and oxygen atoms in total. The van der Waals surface area contributed by atoms with Crippen LogP contribution < -0.4 is 5.32 Å². The van der Waals surface area contributed by atoms with E-state index < -0.39 is 0 Å². The molecule has 0 bridgehead atoms. The number of rotatable bonds is 7. The van der Waals surface area contributed by atoms with E-state index in [1.165, 1.54) is 0 Å². The third kappa shape index (κ3) is 3.52. The molecule has 0 radical (unpaired) electrons. The fraction of sp³-hybridized carbons (Fsp3) is 1.00. The molecule has 0 saturated carbocycles. The van der Waals surface area contributed by atoms with Crippen molar-refractivity contribution in [3.63, 3.8) is 0 Å². The van der Waals surface area contributed by atoms with Crippen LogP contribution in [0, 0.1) is 0 Å². The van der Waals surface area contributed by atoms with Crippen LogP contribution in [0.25, 0.3) is 0 Å². The fourth-order valence-corrected chi connectivity index (χ4v) is 1.20. The summed E-state index contributed by atoms with van der Waals surface area (Å²) in [5, 5.41) is 12.5. The summed E-state index contributed by atoms with van der Waals surface area (Å²) in [6.45, 7) is 5.86. The maximum atomic E-state index is 9.17. The van der Waals surface area contributed by atoms with Crippen molar-refractivity contribution in [1.29, 1.82) is 0 Å². The van der Waals surface area contributed by atoms with Gasteiger partial charge in [0.15, 0.2) is 0 Å². The first kappa shape index (κ1) is 11.9. The highest BCUT2D eigenvalue weighted by Crippen LogP contribution is 2.13. The van der Waals surface area contributed by atoms with Gasteiger partial charge < -0.3 is 15.2 Å². The number of hydrogen-bond donors (Lipinski definition) is 2. The highest BCUT2D eigenvalue weighted by molar-refractivity contribution is 4.84. The van der Waals surface area contributed by atoms with Gasteiger partial charge in [-0.15, -0.1) is 0 Å². The van der Waals surface area contributed by atoms with Crippen molar-refractivity contribution in [3.05, 3.63) is 0 Å². The molecule has 0 heterocycles. The van der Waals surface area contributed by atoms with Gasteiger partial charge in [-0.3, -0.25) is 0 Å². The number of hydrogen-bond acceptors (Lipinski definition) is 3. The minimum atomic E-state index is -0.0987. The van der Waals surface area contributed by atoms with Crippen LogP contribution in [0.5, 0.6) is 0 Å². The quantitative estimate of drug-likeness (QED) is 0.562. The summed E-state index contributed by atoms with van der Waals surface area (Å²) in [5.41, 5.74) is -0.0987. The summed E-state index contributed by atoms with van der Waals surface area (Å²) in [5.74, 6) is 0. The van der Waals surface area contributed by atoms with Gasteiger partial charge in [0.1, 0.15) is 0 Å². The first-order valence-electron chi connectivity index (χ1n) is 4.59. The van der Waals surface area contributed by atoms with Crippen LogP contribution in [0.15, 0.2) is 0 Å². The van der Waals surface area contributed by atoms with Crippen LogP contribution in [-0.2, 0) is 4.74 Å². The van der Waals surface area contributed by atoms with Gasteiger partial charge in [-0.1, -0.05) is 13.8 Å². The van der Waals surface area contributed by atoms with E-state index in [0.717, 1.165) is 19.4 Å². The summed E-state index contributed by atoms with van der Waals surface area (Å²) < 4.78 is 4.93. The van der Waals surface area contributed by atoms with Crippen LogP contribution in [-0.4, -0.2) is 37.5 Å². The maximum absolute atomic E-state index is 9.17. The van der Waals surface area contributed by atoms with Gasteiger partial charge in [-0.2, -0.15) is 0 Å². The van der Waals surface area contributed by atoms with E-state index in [1.807, 2.05) is 0 Å². The molecule has 0 fully saturated rings. The van der Waals surface area contributed by atoms with Crippen molar-refractivity contribution in [3.8, 4) is 0 Å². The van der Waals surface area contributed by atoms with E-state index in [4.69, 9.17) is 4.74 Å². The number of ether oxygens (including phenoxy) is 1. The molecule has 3 heteroatoms. The highest BCUT2D eigenvalue weighted by atomic mass is 16.5. The molecule has 0 amide bonds. The Labute approximate surface area is 75.1 Å². The number of methoxy groups -OCH3 is 1. The van der Waals surface area contributed by atoms with Crippen LogP contribution in [0.1, 0.15) is 26.7 Å². The van der Waals surface area contributed by atoms with Crippen molar-refractivity contribution < 1.29 is 9.84 Å². The lowest BCUT2D eigenvalue weighted by molar-refractivity contribution is 0.131. The zero-order valence-corrected chi connectivity index (χ0v) is 8.39. The second-order valence-corrected chi connectivity index (χ2v) is 3.07. The number of aliphatic hydroxyl groups excluding tert-OH is 1. The van der Waals surface area contributed by atoms with Crippen molar-refractivity contribution in [1.82, 2.24) is 5.32 Å². The molecule has 0 aliphatic heterocycles. The fourth-order valence-electron chi connectivity index (χ4n) is 1.20. The Morgan fingerprint density at radius 2 is 1.92 bits per heavy atom. The number of nitrogens with one attached hydrogen (secondary N) is 1. The molecular weight excluding hydrogens is 154 g/mol. The normalized spacial score (nSPS) is 12.0. The number of aliphatic hydroxyl groups is 1. The Kier molecular flexibility index (Phi) is 6.34. The summed E-state index contributed by atoms with van der Waals surface area (Å²) in [7, 11) is 1.68. The molecular formula is C9H21NO2. The average Bonchev–Trinajstić information content (AvgIpc) is 2.14. The zero-order chi connectivity index (χ0) is 9.45. The molecule has 0 aromatic rings. The first-order chi connectivity index (χ1) is 5.74. The largest absolute Gasteiger partial charge is 0.394 e. The molecule has 0 saturated heterocycles. The molecule has 0 aromatic carbocycles. The van der Waals surface area contributed by atoms with Gasteiger partial charge >= 0.3 is 0 Å². The highest BCUT2D eigenvalue weighted by Gasteiger charge is 2.23. The lowest BCUT2D eigenvalue weighted by Gasteiger charge is -2.30. The molecule has 2 N–H and O–H groups in total. The zero-order valence-electron chi connectivity index (χ0n) is 8.39. The van der Waals surface area contributed by atoms with E-state index >= 15 is 0 Å². The van der Waals surface area contributed by atoms with Gasteiger partial charge in [-0.25, -0.2) is 0 Å². The molecule has 0 aliphatic rings. The lowest BCUT2D eigenvalue weighted by atomic mass is 9.94. The smallest absolute Gasteiger partial charge is 0.0613 e. The van der Waals surface area contributed by atoms with E-state index in [-0.39, 0.29) is 12.1 Å². The third-order valence-corrected chi connectivity index (χ3v) is 2.46. The molecule has 0 spiro atoms. The summed E-state index contributed by atoms with van der Waals surface area (Å²) in [6.07, 6.45) is 1.90. The molecule has 0 aromatic heterocycles. The molecule has 12 heavy (non-hydrogen) atoms. The standard InChI is InChI=1S/C9H21NO2/c1-4-9(5-2,8-11)10-6-7-12-3/h10-11H,4-8H2,1-3H3. The van der Waals surface area contributed by atoms with Crippen LogP contribution in [0.3, 0.4) is 0 Å². The summed E-state index contributed by atoms with van der Waals surface area (Å²) >= 11 is 0. The van der Waals surface area contributed by atoms with Crippen molar-refractivity contribution in [2.75, 3.05) is 26.9 Å². The minimum absolute atomic E-state index is 0.0987. The van der Waals surface area contributed by atoms with E-state index in [9.17, 15) is 5.11 Å². The Balaban J connectivity index is 3.76. The lowest BCUT2D eigenvalue weighted by Crippen LogP contribution is -2.48. The molecule has 74 valence electrons.